The molecule has 0 radical (unpaired) electrons. The molecule has 6 nitrogen and oxygen atoms in total. The van der Waals surface area contributed by atoms with Gasteiger partial charge in [0.2, 0.25) is 5.91 Å². The average molecular weight is 438 g/mol. The van der Waals surface area contributed by atoms with Gasteiger partial charge in [0.1, 0.15) is 17.3 Å². The SMILES string of the molecule is CC(=O)NCc1ccc(-c2csc(NC(=O)c3ccc(Br)cc3F)n2)o1. The summed E-state index contributed by atoms with van der Waals surface area (Å²) in [7, 11) is 0. The number of carbonyl (C=O) groups is 2. The summed E-state index contributed by atoms with van der Waals surface area (Å²) in [5, 5.41) is 7.25. The van der Waals surface area contributed by atoms with E-state index in [-0.39, 0.29) is 18.0 Å². The van der Waals surface area contributed by atoms with Crippen molar-refractivity contribution >= 4 is 44.2 Å². The lowest BCUT2D eigenvalue weighted by atomic mass is 10.2. The topological polar surface area (TPSA) is 84.2 Å². The Hall–Kier alpha value is -2.52. The van der Waals surface area contributed by atoms with E-state index < -0.39 is 11.7 Å². The number of benzene rings is 1. The van der Waals surface area contributed by atoms with E-state index >= 15 is 0 Å². The van der Waals surface area contributed by atoms with E-state index in [0.29, 0.717) is 26.8 Å². The van der Waals surface area contributed by atoms with Crippen LogP contribution in [0.4, 0.5) is 9.52 Å². The summed E-state index contributed by atoms with van der Waals surface area (Å²) in [6, 6.07) is 7.67. The van der Waals surface area contributed by atoms with Gasteiger partial charge in [-0.25, -0.2) is 9.37 Å². The lowest BCUT2D eigenvalue weighted by molar-refractivity contribution is -0.119. The van der Waals surface area contributed by atoms with Crippen LogP contribution in [0.3, 0.4) is 0 Å². The summed E-state index contributed by atoms with van der Waals surface area (Å²) in [5.41, 5.74) is 0.469. The van der Waals surface area contributed by atoms with Crippen molar-refractivity contribution in [2.75, 3.05) is 5.32 Å². The van der Waals surface area contributed by atoms with Crippen molar-refractivity contribution in [1.82, 2.24) is 10.3 Å². The second-order valence-electron chi connectivity index (χ2n) is 5.29. The highest BCUT2D eigenvalue weighted by Crippen LogP contribution is 2.27. The molecule has 0 spiro atoms. The first-order valence-corrected chi connectivity index (χ1v) is 9.15. The molecule has 2 heterocycles. The summed E-state index contributed by atoms with van der Waals surface area (Å²) in [6.45, 7) is 1.71. The van der Waals surface area contributed by atoms with Gasteiger partial charge in [-0.1, -0.05) is 15.9 Å². The van der Waals surface area contributed by atoms with Crippen LogP contribution in [0.15, 0.2) is 44.6 Å². The zero-order valence-corrected chi connectivity index (χ0v) is 15.9. The Morgan fingerprint density at radius 1 is 1.31 bits per heavy atom. The molecule has 0 atom stereocenters. The van der Waals surface area contributed by atoms with E-state index in [1.54, 1.807) is 23.6 Å². The van der Waals surface area contributed by atoms with Crippen molar-refractivity contribution in [2.24, 2.45) is 0 Å². The van der Waals surface area contributed by atoms with Crippen molar-refractivity contribution < 1.29 is 18.4 Å². The van der Waals surface area contributed by atoms with Crippen LogP contribution in [0.2, 0.25) is 0 Å². The fourth-order valence-corrected chi connectivity index (χ4v) is 3.13. The number of aromatic nitrogens is 1. The molecule has 3 rings (SSSR count). The van der Waals surface area contributed by atoms with Crippen LogP contribution >= 0.6 is 27.3 Å². The quantitative estimate of drug-likeness (QED) is 0.626. The van der Waals surface area contributed by atoms with E-state index in [1.807, 2.05) is 0 Å². The molecule has 0 fully saturated rings. The smallest absolute Gasteiger partial charge is 0.260 e. The summed E-state index contributed by atoms with van der Waals surface area (Å²) in [4.78, 5) is 27.4. The molecule has 2 aromatic heterocycles. The standard InChI is InChI=1S/C17H13BrFN3O3S/c1-9(23)20-7-11-3-5-15(25-11)14-8-26-17(21-14)22-16(24)12-4-2-10(18)6-13(12)19/h2-6,8H,7H2,1H3,(H,20,23)(H,21,22,24). The van der Waals surface area contributed by atoms with Crippen LogP contribution in [0.5, 0.6) is 0 Å². The van der Waals surface area contributed by atoms with Gasteiger partial charge in [0.15, 0.2) is 10.9 Å². The highest BCUT2D eigenvalue weighted by atomic mass is 79.9. The third-order valence-corrected chi connectivity index (χ3v) is 4.58. The van der Waals surface area contributed by atoms with Crippen LogP contribution in [0, 0.1) is 5.82 Å². The minimum Gasteiger partial charge on any atom is -0.458 e. The van der Waals surface area contributed by atoms with Gasteiger partial charge in [0.25, 0.3) is 5.91 Å². The number of thiazole rings is 1. The Labute approximate surface area is 160 Å². The number of nitrogens with zero attached hydrogens (tertiary/aromatic N) is 1. The second kappa shape index (κ2) is 7.79. The molecule has 3 aromatic rings. The first-order chi connectivity index (χ1) is 12.4. The zero-order chi connectivity index (χ0) is 18.7. The molecule has 1 aromatic carbocycles. The zero-order valence-electron chi connectivity index (χ0n) is 13.5. The van der Waals surface area contributed by atoms with Crippen LogP contribution in [-0.2, 0) is 11.3 Å². The van der Waals surface area contributed by atoms with Gasteiger partial charge in [0.05, 0.1) is 12.1 Å². The number of furan rings is 1. The Kier molecular flexibility index (Phi) is 5.48. The first kappa shape index (κ1) is 18.3. The predicted molar refractivity (Wildman–Crippen MR) is 99.4 cm³/mol. The third kappa shape index (κ3) is 4.36. The number of hydrogen-bond donors (Lipinski definition) is 2. The predicted octanol–water partition coefficient (Wildman–Crippen LogP) is 4.19. The number of rotatable bonds is 5. The fourth-order valence-electron chi connectivity index (χ4n) is 2.10. The largest absolute Gasteiger partial charge is 0.458 e. The van der Waals surface area contributed by atoms with Crippen LogP contribution < -0.4 is 10.6 Å². The Balaban J connectivity index is 1.70. The van der Waals surface area contributed by atoms with Gasteiger partial charge < -0.3 is 9.73 Å². The summed E-state index contributed by atoms with van der Waals surface area (Å²) >= 11 is 4.35. The van der Waals surface area contributed by atoms with E-state index in [0.717, 1.165) is 0 Å². The van der Waals surface area contributed by atoms with Crippen molar-refractivity contribution in [1.29, 1.82) is 0 Å². The number of nitrogens with one attached hydrogen (secondary N) is 2. The lowest BCUT2D eigenvalue weighted by Gasteiger charge is -2.03. The van der Waals surface area contributed by atoms with Gasteiger partial charge in [-0.05, 0) is 30.3 Å². The molecule has 0 aliphatic heterocycles. The minimum atomic E-state index is -0.623. The average Bonchev–Trinajstić information content (AvgIpc) is 3.21. The molecule has 0 saturated carbocycles. The lowest BCUT2D eigenvalue weighted by Crippen LogP contribution is -2.18. The van der Waals surface area contributed by atoms with Crippen LogP contribution in [0.1, 0.15) is 23.0 Å². The number of hydrogen-bond acceptors (Lipinski definition) is 5. The molecule has 0 aliphatic carbocycles. The van der Waals surface area contributed by atoms with Gasteiger partial charge in [-0.15, -0.1) is 11.3 Å². The van der Waals surface area contributed by atoms with E-state index in [2.05, 4.69) is 31.5 Å². The molecule has 0 saturated heterocycles. The normalized spacial score (nSPS) is 10.6. The Morgan fingerprint density at radius 3 is 2.85 bits per heavy atom. The molecule has 0 aliphatic rings. The molecule has 134 valence electrons. The molecular formula is C17H13BrFN3O3S. The van der Waals surface area contributed by atoms with Crippen molar-refractivity contribution in [3.63, 3.8) is 0 Å². The van der Waals surface area contributed by atoms with E-state index in [9.17, 15) is 14.0 Å². The molecular weight excluding hydrogens is 425 g/mol. The second-order valence-corrected chi connectivity index (χ2v) is 7.07. The number of amides is 2. The van der Waals surface area contributed by atoms with Gasteiger partial charge in [-0.2, -0.15) is 0 Å². The van der Waals surface area contributed by atoms with Gasteiger partial charge >= 0.3 is 0 Å². The molecule has 2 N–H and O–H groups in total. The third-order valence-electron chi connectivity index (χ3n) is 3.33. The molecule has 0 unspecified atom stereocenters. The molecule has 2 amide bonds. The van der Waals surface area contributed by atoms with Gasteiger partial charge in [-0.3, -0.25) is 14.9 Å². The summed E-state index contributed by atoms with van der Waals surface area (Å²) in [6.07, 6.45) is 0. The highest BCUT2D eigenvalue weighted by Gasteiger charge is 2.15. The summed E-state index contributed by atoms with van der Waals surface area (Å²) < 4.78 is 20.0. The summed E-state index contributed by atoms with van der Waals surface area (Å²) in [5.74, 6) is -0.256. The van der Waals surface area contributed by atoms with Gasteiger partial charge in [0, 0.05) is 16.8 Å². The Morgan fingerprint density at radius 2 is 2.12 bits per heavy atom. The molecule has 9 heteroatoms. The van der Waals surface area contributed by atoms with Crippen molar-refractivity contribution in [3.05, 3.63) is 57.3 Å². The highest BCUT2D eigenvalue weighted by molar-refractivity contribution is 9.10. The maximum Gasteiger partial charge on any atom is 0.260 e. The van der Waals surface area contributed by atoms with E-state index in [4.69, 9.17) is 4.42 Å². The van der Waals surface area contributed by atoms with Crippen molar-refractivity contribution in [2.45, 2.75) is 13.5 Å². The minimum absolute atomic E-state index is 0.0689. The maximum absolute atomic E-state index is 13.9. The number of carbonyl (C=O) groups excluding carboxylic acids is 2. The monoisotopic (exact) mass is 437 g/mol. The molecule has 26 heavy (non-hydrogen) atoms. The molecule has 0 bridgehead atoms. The fraction of sp³-hybridized carbons (Fsp3) is 0.118. The number of anilines is 1. The van der Waals surface area contributed by atoms with E-state index in [1.165, 1.54) is 30.4 Å². The van der Waals surface area contributed by atoms with Crippen LogP contribution in [0.25, 0.3) is 11.5 Å². The first-order valence-electron chi connectivity index (χ1n) is 7.48. The van der Waals surface area contributed by atoms with Crippen LogP contribution in [-0.4, -0.2) is 16.8 Å². The Bertz CT molecular complexity index is 970. The maximum atomic E-state index is 13.9. The van der Waals surface area contributed by atoms with Crippen molar-refractivity contribution in [3.8, 4) is 11.5 Å². The number of halogens is 2.